The lowest BCUT2D eigenvalue weighted by Crippen LogP contribution is -2.13. The van der Waals surface area contributed by atoms with Gasteiger partial charge in [-0.2, -0.15) is 4.37 Å². The van der Waals surface area contributed by atoms with Crippen LogP contribution in [0.25, 0.3) is 5.65 Å². The Hall–Kier alpha value is -2.10. The van der Waals surface area contributed by atoms with E-state index in [0.717, 1.165) is 39.4 Å². The van der Waals surface area contributed by atoms with E-state index in [1.165, 1.54) is 17.1 Å². The molecule has 7 nitrogen and oxygen atoms in total. The van der Waals surface area contributed by atoms with Crippen LogP contribution in [0.3, 0.4) is 0 Å². The minimum atomic E-state index is 0.770. The maximum atomic E-state index is 4.98. The number of thioether (sulfide) groups is 1. The van der Waals surface area contributed by atoms with Gasteiger partial charge in [-0.15, -0.1) is 11.8 Å². The van der Waals surface area contributed by atoms with Crippen LogP contribution in [-0.2, 0) is 0 Å². The van der Waals surface area contributed by atoms with E-state index in [-0.39, 0.29) is 0 Å². The number of rotatable bonds is 6. The van der Waals surface area contributed by atoms with Gasteiger partial charge in [0.15, 0.2) is 11.5 Å². The number of allylic oxidation sites excluding steroid dienone is 1. The van der Waals surface area contributed by atoms with Crippen molar-refractivity contribution in [3.8, 4) is 0 Å². The van der Waals surface area contributed by atoms with Crippen molar-refractivity contribution >= 4 is 39.8 Å². The number of fused-ring (bicyclic) bond motifs is 1. The van der Waals surface area contributed by atoms with E-state index in [1.807, 2.05) is 36.7 Å². The molecule has 0 radical (unpaired) electrons. The molecule has 0 aliphatic rings. The Balaban J connectivity index is 0.000000298. The molecule has 0 fully saturated rings. The summed E-state index contributed by atoms with van der Waals surface area (Å²) in [6.45, 7) is 8.21. The van der Waals surface area contributed by atoms with Crippen LogP contribution in [0.15, 0.2) is 41.5 Å². The minimum absolute atomic E-state index is 0.770. The maximum absolute atomic E-state index is 4.98. The van der Waals surface area contributed by atoms with Gasteiger partial charge in [0.05, 0.1) is 5.69 Å². The van der Waals surface area contributed by atoms with Crippen LogP contribution in [0.4, 0.5) is 10.8 Å². The largest absolute Gasteiger partial charge is 0.331 e. The maximum Gasteiger partial charge on any atom is 0.180 e. The summed E-state index contributed by atoms with van der Waals surface area (Å²) in [4.78, 5) is 8.95. The Morgan fingerprint density at radius 2 is 2.23 bits per heavy atom. The summed E-state index contributed by atoms with van der Waals surface area (Å²) in [6.07, 6.45) is 8.56. The number of hydrogen-bond acceptors (Lipinski definition) is 8. The molecule has 3 aromatic rings. The number of hydrogen-bond donors (Lipinski definition) is 3. The second kappa shape index (κ2) is 10.1. The Bertz CT molecular complexity index is 854. The Kier molecular flexibility index (Phi) is 7.89. The van der Waals surface area contributed by atoms with E-state index in [1.54, 1.807) is 24.2 Å². The third-order valence-electron chi connectivity index (χ3n) is 3.40. The summed E-state index contributed by atoms with van der Waals surface area (Å²) < 4.78 is 6.25. The molecule has 0 bridgehead atoms. The number of imidazole rings is 1. The average molecular weight is 392 g/mol. The molecule has 3 aromatic heterocycles. The van der Waals surface area contributed by atoms with E-state index in [4.69, 9.17) is 5.84 Å². The third kappa shape index (κ3) is 5.72. The Morgan fingerprint density at radius 1 is 1.42 bits per heavy atom. The van der Waals surface area contributed by atoms with Gasteiger partial charge >= 0.3 is 0 Å². The van der Waals surface area contributed by atoms with Gasteiger partial charge < -0.3 is 15.1 Å². The van der Waals surface area contributed by atoms with Gasteiger partial charge in [-0.25, -0.2) is 9.97 Å². The second-order valence-corrected chi connectivity index (χ2v) is 7.58. The molecule has 3 rings (SSSR count). The fourth-order valence-corrected chi connectivity index (χ4v) is 3.29. The molecule has 0 saturated heterocycles. The first kappa shape index (κ1) is 20.2. The second-order valence-electron chi connectivity index (χ2n) is 5.49. The van der Waals surface area contributed by atoms with Crippen molar-refractivity contribution in [2.45, 2.75) is 39.1 Å². The lowest BCUT2D eigenvalue weighted by Gasteiger charge is -2.07. The van der Waals surface area contributed by atoms with Crippen molar-refractivity contribution in [2.75, 3.05) is 11.1 Å². The van der Waals surface area contributed by atoms with Gasteiger partial charge in [-0.3, -0.25) is 5.84 Å². The fourth-order valence-electron chi connectivity index (χ4n) is 1.99. The first-order valence-corrected chi connectivity index (χ1v) is 10.1. The molecule has 9 heteroatoms. The molecule has 0 unspecified atom stereocenters. The zero-order chi connectivity index (χ0) is 18.9. The molecule has 0 aliphatic heterocycles. The molecule has 0 saturated carbocycles. The molecular weight excluding hydrogens is 366 g/mol. The van der Waals surface area contributed by atoms with Crippen LogP contribution in [0, 0.1) is 6.92 Å². The van der Waals surface area contributed by atoms with Crippen LogP contribution in [0.5, 0.6) is 0 Å². The molecule has 0 atom stereocenters. The molecule has 0 amide bonds. The van der Waals surface area contributed by atoms with Gasteiger partial charge in [0.2, 0.25) is 0 Å². The molecule has 0 aliphatic carbocycles. The van der Waals surface area contributed by atoms with Crippen molar-refractivity contribution in [1.29, 1.82) is 0 Å². The molecular formula is C17H25N7S2. The van der Waals surface area contributed by atoms with E-state index in [0.29, 0.717) is 0 Å². The molecule has 0 aromatic carbocycles. The van der Waals surface area contributed by atoms with E-state index in [2.05, 4.69) is 38.9 Å². The van der Waals surface area contributed by atoms with Crippen LogP contribution in [-0.4, -0.2) is 24.5 Å². The monoisotopic (exact) mass is 391 g/mol. The normalized spacial score (nSPS) is 11.2. The number of nitrogens with zero attached hydrogens (tertiary/aromatic N) is 4. The fraction of sp³-hybridized carbons (Fsp3) is 0.353. The number of nitrogens with one attached hydrogen (secondary N) is 2. The van der Waals surface area contributed by atoms with E-state index < -0.39 is 0 Å². The quantitative estimate of drug-likeness (QED) is 0.331. The highest BCUT2D eigenvalue weighted by molar-refractivity contribution is 7.99. The first-order chi connectivity index (χ1) is 12.6. The van der Waals surface area contributed by atoms with Gasteiger partial charge in [0.1, 0.15) is 10.0 Å². The highest BCUT2D eigenvalue weighted by Crippen LogP contribution is 2.25. The standard InChI is InChI=1S/C12H13N5S2.C5H12N2/c1-3-18-10-7-17-5-4-13-12(17)11(15-10)14-9-6-8(2)16-19-9;1-3-5(2)4-7-6/h4-7H,3H2,1-2H3,(H,14,15);4,7H,3,6H2,1-2H3/b;5-4-. The lowest BCUT2D eigenvalue weighted by molar-refractivity contribution is 0.929. The lowest BCUT2D eigenvalue weighted by atomic mass is 10.3. The summed E-state index contributed by atoms with van der Waals surface area (Å²) in [7, 11) is 0. The summed E-state index contributed by atoms with van der Waals surface area (Å²) in [5.41, 5.74) is 5.55. The van der Waals surface area contributed by atoms with Gasteiger partial charge in [0, 0.05) is 24.8 Å². The highest BCUT2D eigenvalue weighted by Gasteiger charge is 2.09. The van der Waals surface area contributed by atoms with Crippen LogP contribution in [0.1, 0.15) is 32.9 Å². The zero-order valence-corrected chi connectivity index (χ0v) is 17.1. The number of hydrazine groups is 1. The number of aryl methyl sites for hydroxylation is 1. The Morgan fingerprint density at radius 3 is 2.81 bits per heavy atom. The SMILES string of the molecule is CC/C(C)=C\NN.CCSc1cn2ccnc2c(Nc2cc(C)ns2)n1. The third-order valence-corrected chi connectivity index (χ3v) is 4.98. The minimum Gasteiger partial charge on any atom is -0.331 e. The number of nitrogens with two attached hydrogens (primary N) is 1. The topological polar surface area (TPSA) is 93.2 Å². The van der Waals surface area contributed by atoms with Crippen molar-refractivity contribution in [2.24, 2.45) is 5.84 Å². The van der Waals surface area contributed by atoms with Crippen LogP contribution in [0.2, 0.25) is 0 Å². The first-order valence-electron chi connectivity index (χ1n) is 8.36. The van der Waals surface area contributed by atoms with Crippen molar-refractivity contribution in [1.82, 2.24) is 24.2 Å². The Labute approximate surface area is 162 Å². The number of anilines is 2. The average Bonchev–Trinajstić information content (AvgIpc) is 3.25. The van der Waals surface area contributed by atoms with Crippen LogP contribution >= 0.6 is 23.3 Å². The van der Waals surface area contributed by atoms with Crippen LogP contribution < -0.4 is 16.6 Å². The molecule has 3 heterocycles. The number of aromatic nitrogens is 4. The summed E-state index contributed by atoms with van der Waals surface area (Å²) >= 11 is 3.14. The smallest absolute Gasteiger partial charge is 0.180 e. The highest BCUT2D eigenvalue weighted by atomic mass is 32.2. The van der Waals surface area contributed by atoms with E-state index in [9.17, 15) is 0 Å². The zero-order valence-electron chi connectivity index (χ0n) is 15.5. The van der Waals surface area contributed by atoms with Crippen molar-refractivity contribution in [3.05, 3.63) is 42.1 Å². The van der Waals surface area contributed by atoms with Gasteiger partial charge in [0.25, 0.3) is 0 Å². The van der Waals surface area contributed by atoms with Gasteiger partial charge in [-0.05, 0) is 43.6 Å². The molecule has 4 N–H and O–H groups in total. The van der Waals surface area contributed by atoms with Gasteiger partial charge in [-0.1, -0.05) is 19.4 Å². The summed E-state index contributed by atoms with van der Waals surface area (Å²) in [5, 5.41) is 5.26. The molecule has 0 spiro atoms. The van der Waals surface area contributed by atoms with Crippen molar-refractivity contribution in [3.63, 3.8) is 0 Å². The summed E-state index contributed by atoms with van der Waals surface area (Å²) in [6, 6.07) is 2.01. The van der Waals surface area contributed by atoms with E-state index >= 15 is 0 Å². The predicted octanol–water partition coefficient (Wildman–Crippen LogP) is 4.11. The summed E-state index contributed by atoms with van der Waals surface area (Å²) in [5.74, 6) is 6.74. The molecule has 26 heavy (non-hydrogen) atoms. The predicted molar refractivity (Wildman–Crippen MR) is 111 cm³/mol. The van der Waals surface area contributed by atoms with Crippen molar-refractivity contribution < 1.29 is 0 Å². The molecule has 140 valence electrons.